The number of aryl methyl sites for hydroxylation is 2. The fourth-order valence-corrected chi connectivity index (χ4v) is 3.71. The number of carbonyl (C=O) groups is 1. The van der Waals surface area contributed by atoms with E-state index in [1.165, 1.54) is 0 Å². The number of ether oxygens (including phenoxy) is 1. The van der Waals surface area contributed by atoms with Crippen molar-refractivity contribution in [3.05, 3.63) is 29.3 Å². The number of hydrogen-bond acceptors (Lipinski definition) is 4. The van der Waals surface area contributed by atoms with Gasteiger partial charge >= 0.3 is 6.09 Å². The number of amides is 1. The molecule has 1 aliphatic rings. The van der Waals surface area contributed by atoms with Gasteiger partial charge < -0.3 is 9.64 Å². The largest absolute Gasteiger partial charge is 0.444 e. The van der Waals surface area contributed by atoms with Gasteiger partial charge in [-0.1, -0.05) is 6.07 Å². The monoisotopic (exact) mass is 382 g/mol. The summed E-state index contributed by atoms with van der Waals surface area (Å²) in [6.07, 6.45) is 2.18. The number of sulfonamides is 1. The first kappa shape index (κ1) is 20.7. The Balaban J connectivity index is 1.87. The van der Waals surface area contributed by atoms with E-state index >= 15 is 0 Å². The second kappa shape index (κ2) is 7.96. The highest BCUT2D eigenvalue weighted by Crippen LogP contribution is 2.28. The van der Waals surface area contributed by atoms with Crippen LogP contribution in [0.3, 0.4) is 0 Å². The molecular weight excluding hydrogens is 352 g/mol. The van der Waals surface area contributed by atoms with E-state index in [1.807, 2.05) is 34.6 Å². The zero-order valence-electron chi connectivity index (χ0n) is 16.3. The first-order valence-electron chi connectivity index (χ1n) is 9.06. The van der Waals surface area contributed by atoms with E-state index in [4.69, 9.17) is 4.74 Å². The Bertz CT molecular complexity index is 749. The molecule has 26 heavy (non-hydrogen) atoms. The summed E-state index contributed by atoms with van der Waals surface area (Å²) in [5.74, 6) is 0. The van der Waals surface area contributed by atoms with Crippen molar-refractivity contribution in [3.63, 3.8) is 0 Å². The third-order valence-electron chi connectivity index (χ3n) is 4.27. The van der Waals surface area contributed by atoms with Crippen LogP contribution < -0.4 is 4.72 Å². The fraction of sp³-hybridized carbons (Fsp3) is 0.632. The second-order valence-electron chi connectivity index (χ2n) is 7.90. The Kier molecular flexibility index (Phi) is 6.34. The van der Waals surface area contributed by atoms with Crippen LogP contribution >= 0.6 is 0 Å². The minimum atomic E-state index is -3.54. The second-order valence-corrected chi connectivity index (χ2v) is 9.67. The quantitative estimate of drug-likeness (QED) is 0.734. The van der Waals surface area contributed by atoms with E-state index in [-0.39, 0.29) is 23.6 Å². The number of rotatable bonds is 7. The number of benzene rings is 1. The molecule has 0 spiro atoms. The highest BCUT2D eigenvalue weighted by Gasteiger charge is 2.34. The lowest BCUT2D eigenvalue weighted by atomic mass is 10.1. The molecule has 0 radical (unpaired) electrons. The maximum absolute atomic E-state index is 12.4. The summed E-state index contributed by atoms with van der Waals surface area (Å²) in [6.45, 7) is 10.1. The van der Waals surface area contributed by atoms with Crippen molar-refractivity contribution in [1.29, 1.82) is 0 Å². The Hall–Kier alpha value is -1.60. The van der Waals surface area contributed by atoms with Crippen LogP contribution in [0.15, 0.2) is 23.1 Å². The molecule has 1 aliphatic carbocycles. The van der Waals surface area contributed by atoms with Crippen LogP contribution in [0.4, 0.5) is 4.79 Å². The van der Waals surface area contributed by atoms with Crippen molar-refractivity contribution >= 4 is 16.1 Å². The molecule has 1 amide bonds. The number of hydrogen-bond donors (Lipinski definition) is 1. The van der Waals surface area contributed by atoms with Crippen LogP contribution in [0.25, 0.3) is 0 Å². The van der Waals surface area contributed by atoms with Gasteiger partial charge in [0.05, 0.1) is 4.90 Å². The minimum absolute atomic E-state index is 0.223. The Morgan fingerprint density at radius 1 is 1.23 bits per heavy atom. The minimum Gasteiger partial charge on any atom is -0.444 e. The summed E-state index contributed by atoms with van der Waals surface area (Å²) in [4.78, 5) is 14.3. The summed E-state index contributed by atoms with van der Waals surface area (Å²) in [6, 6.07) is 5.32. The molecule has 7 heteroatoms. The van der Waals surface area contributed by atoms with Gasteiger partial charge in [-0.05, 0) is 77.1 Å². The van der Waals surface area contributed by atoms with Crippen molar-refractivity contribution in [2.45, 2.75) is 70.4 Å². The van der Waals surface area contributed by atoms with Gasteiger partial charge in [0.1, 0.15) is 5.60 Å². The SMILES string of the molecule is Cc1ccc(S(=O)(=O)NCCCN(C(=O)OC(C)(C)C)C2CC2)cc1C. The zero-order valence-corrected chi connectivity index (χ0v) is 17.1. The van der Waals surface area contributed by atoms with E-state index in [0.717, 1.165) is 24.0 Å². The fourth-order valence-electron chi connectivity index (χ4n) is 2.55. The molecule has 0 saturated heterocycles. The number of carbonyl (C=O) groups excluding carboxylic acids is 1. The molecule has 2 rings (SSSR count). The zero-order chi connectivity index (χ0) is 19.5. The predicted octanol–water partition coefficient (Wildman–Crippen LogP) is 3.37. The van der Waals surface area contributed by atoms with Gasteiger partial charge in [0.25, 0.3) is 0 Å². The topological polar surface area (TPSA) is 75.7 Å². The summed E-state index contributed by atoms with van der Waals surface area (Å²) in [7, 11) is -3.54. The van der Waals surface area contributed by atoms with E-state index in [2.05, 4.69) is 4.72 Å². The Morgan fingerprint density at radius 3 is 2.42 bits per heavy atom. The third-order valence-corrected chi connectivity index (χ3v) is 5.73. The summed E-state index contributed by atoms with van der Waals surface area (Å²) < 4.78 is 32.8. The lowest BCUT2D eigenvalue weighted by molar-refractivity contribution is 0.0232. The smallest absolute Gasteiger partial charge is 0.410 e. The highest BCUT2D eigenvalue weighted by molar-refractivity contribution is 7.89. The van der Waals surface area contributed by atoms with Gasteiger partial charge in [0.15, 0.2) is 0 Å². The first-order chi connectivity index (χ1) is 12.0. The molecule has 0 bridgehead atoms. The molecule has 0 atom stereocenters. The standard InChI is InChI=1S/C19H30N2O4S/c1-14-7-10-17(13-15(14)2)26(23,24)20-11-6-12-21(16-8-9-16)18(22)25-19(3,4)5/h7,10,13,16,20H,6,8-9,11-12H2,1-5H3. The number of nitrogens with one attached hydrogen (secondary N) is 1. The molecule has 1 saturated carbocycles. The van der Waals surface area contributed by atoms with Gasteiger partial charge in [0.2, 0.25) is 10.0 Å². The molecule has 0 unspecified atom stereocenters. The highest BCUT2D eigenvalue weighted by atomic mass is 32.2. The van der Waals surface area contributed by atoms with Gasteiger partial charge in [-0.25, -0.2) is 17.9 Å². The summed E-state index contributed by atoms with van der Waals surface area (Å²) >= 11 is 0. The molecular formula is C19H30N2O4S. The van der Waals surface area contributed by atoms with Crippen LogP contribution in [-0.2, 0) is 14.8 Å². The van der Waals surface area contributed by atoms with Crippen LogP contribution in [-0.4, -0.2) is 44.1 Å². The van der Waals surface area contributed by atoms with E-state index in [0.29, 0.717) is 13.0 Å². The molecule has 1 fully saturated rings. The molecule has 1 N–H and O–H groups in total. The van der Waals surface area contributed by atoms with Gasteiger partial charge in [0, 0.05) is 19.1 Å². The van der Waals surface area contributed by atoms with Gasteiger partial charge in [-0.2, -0.15) is 0 Å². The van der Waals surface area contributed by atoms with Gasteiger partial charge in [-0.3, -0.25) is 0 Å². The predicted molar refractivity (Wildman–Crippen MR) is 102 cm³/mol. The van der Waals surface area contributed by atoms with Crippen LogP contribution in [0.2, 0.25) is 0 Å². The molecule has 0 aromatic heterocycles. The van der Waals surface area contributed by atoms with E-state index in [1.54, 1.807) is 23.1 Å². The van der Waals surface area contributed by atoms with Crippen molar-refractivity contribution < 1.29 is 17.9 Å². The average molecular weight is 383 g/mol. The number of nitrogens with zero attached hydrogens (tertiary/aromatic N) is 1. The van der Waals surface area contributed by atoms with Crippen molar-refractivity contribution in [2.75, 3.05) is 13.1 Å². The maximum atomic E-state index is 12.4. The molecule has 0 heterocycles. The van der Waals surface area contributed by atoms with Crippen molar-refractivity contribution in [1.82, 2.24) is 9.62 Å². The summed E-state index contributed by atoms with van der Waals surface area (Å²) in [5, 5.41) is 0. The van der Waals surface area contributed by atoms with Crippen LogP contribution in [0.5, 0.6) is 0 Å². The lowest BCUT2D eigenvalue weighted by Crippen LogP contribution is -2.39. The molecule has 0 aliphatic heterocycles. The third kappa shape index (κ3) is 5.99. The van der Waals surface area contributed by atoms with Crippen molar-refractivity contribution in [3.8, 4) is 0 Å². The van der Waals surface area contributed by atoms with Crippen molar-refractivity contribution in [2.24, 2.45) is 0 Å². The van der Waals surface area contributed by atoms with E-state index in [9.17, 15) is 13.2 Å². The lowest BCUT2D eigenvalue weighted by Gasteiger charge is -2.27. The van der Waals surface area contributed by atoms with Gasteiger partial charge in [-0.15, -0.1) is 0 Å². The Morgan fingerprint density at radius 2 is 1.88 bits per heavy atom. The molecule has 1 aromatic carbocycles. The maximum Gasteiger partial charge on any atom is 0.410 e. The first-order valence-corrected chi connectivity index (χ1v) is 10.5. The van der Waals surface area contributed by atoms with Crippen LogP contribution in [0.1, 0.15) is 51.2 Å². The Labute approximate surface area is 157 Å². The molecule has 146 valence electrons. The average Bonchev–Trinajstić information content (AvgIpc) is 3.32. The summed E-state index contributed by atoms with van der Waals surface area (Å²) in [5.41, 5.74) is 1.47. The van der Waals surface area contributed by atoms with E-state index < -0.39 is 15.6 Å². The normalized spacial score (nSPS) is 15.0. The molecule has 1 aromatic rings. The molecule has 6 nitrogen and oxygen atoms in total. The van der Waals surface area contributed by atoms with Crippen LogP contribution in [0, 0.1) is 13.8 Å².